The van der Waals surface area contributed by atoms with Gasteiger partial charge >= 0.3 is 5.97 Å². The predicted octanol–water partition coefficient (Wildman–Crippen LogP) is 1.68. The van der Waals surface area contributed by atoms with E-state index in [1.807, 2.05) is 13.0 Å². The monoisotopic (exact) mass is 259 g/mol. The van der Waals surface area contributed by atoms with Crippen molar-refractivity contribution in [2.45, 2.75) is 6.92 Å². The highest BCUT2D eigenvalue weighted by Crippen LogP contribution is 2.12. The van der Waals surface area contributed by atoms with E-state index in [1.165, 1.54) is 18.5 Å². The molecule has 0 saturated carbocycles. The third-order valence-electron chi connectivity index (χ3n) is 2.85. The van der Waals surface area contributed by atoms with Crippen molar-refractivity contribution in [1.29, 1.82) is 0 Å². The summed E-state index contributed by atoms with van der Waals surface area (Å²) in [4.78, 5) is 26.6. The van der Waals surface area contributed by atoms with Crippen molar-refractivity contribution in [3.8, 4) is 0 Å². The van der Waals surface area contributed by atoms with Crippen molar-refractivity contribution in [2.75, 3.05) is 5.32 Å². The highest BCUT2D eigenvalue weighted by Gasteiger charge is 2.12. The minimum absolute atomic E-state index is 0.0286. The summed E-state index contributed by atoms with van der Waals surface area (Å²) in [5.74, 6) is -1.39. The molecule has 2 rings (SSSR count). The number of anilines is 1. The second kappa shape index (κ2) is 4.93. The topological polar surface area (TPSA) is 84.2 Å². The molecule has 19 heavy (non-hydrogen) atoms. The van der Waals surface area contributed by atoms with Crippen molar-refractivity contribution in [3.63, 3.8) is 0 Å². The molecule has 0 atom stereocenters. The van der Waals surface area contributed by atoms with Crippen molar-refractivity contribution < 1.29 is 14.7 Å². The van der Waals surface area contributed by atoms with Crippen LogP contribution in [0.5, 0.6) is 0 Å². The van der Waals surface area contributed by atoms with Gasteiger partial charge in [0.2, 0.25) is 0 Å². The standard InChI is InChI=1S/C13H13N3O3/c1-8-3-4-11(16(8)2)12(17)15-10-5-9(13(18)19)6-14-7-10/h3-7H,1-2H3,(H,15,17)(H,18,19). The number of amides is 1. The van der Waals surface area contributed by atoms with Gasteiger partial charge in [0.1, 0.15) is 5.69 Å². The second-order valence-corrected chi connectivity index (χ2v) is 4.14. The fourth-order valence-electron chi connectivity index (χ4n) is 1.66. The van der Waals surface area contributed by atoms with Crippen LogP contribution in [-0.2, 0) is 7.05 Å². The van der Waals surface area contributed by atoms with Crippen LogP contribution in [0.4, 0.5) is 5.69 Å². The number of aryl methyl sites for hydroxylation is 1. The molecule has 2 N–H and O–H groups in total. The summed E-state index contributed by atoms with van der Waals surface area (Å²) in [5, 5.41) is 11.5. The van der Waals surface area contributed by atoms with E-state index in [2.05, 4.69) is 10.3 Å². The zero-order valence-electron chi connectivity index (χ0n) is 10.5. The molecule has 0 aliphatic rings. The Morgan fingerprint density at radius 2 is 2.05 bits per heavy atom. The third-order valence-corrected chi connectivity index (χ3v) is 2.85. The molecule has 0 spiro atoms. The molecule has 0 saturated heterocycles. The normalized spacial score (nSPS) is 10.2. The summed E-state index contributed by atoms with van der Waals surface area (Å²) in [5.41, 5.74) is 1.84. The number of carbonyl (C=O) groups excluding carboxylic acids is 1. The molecule has 2 aromatic heterocycles. The van der Waals surface area contributed by atoms with Gasteiger partial charge in [-0.25, -0.2) is 4.79 Å². The summed E-state index contributed by atoms with van der Waals surface area (Å²) in [6, 6.07) is 4.91. The van der Waals surface area contributed by atoms with E-state index < -0.39 is 5.97 Å². The van der Waals surface area contributed by atoms with E-state index in [1.54, 1.807) is 17.7 Å². The van der Waals surface area contributed by atoms with Crippen molar-refractivity contribution in [3.05, 3.63) is 47.5 Å². The van der Waals surface area contributed by atoms with Crippen molar-refractivity contribution in [1.82, 2.24) is 9.55 Å². The van der Waals surface area contributed by atoms with E-state index in [-0.39, 0.29) is 11.5 Å². The van der Waals surface area contributed by atoms with E-state index >= 15 is 0 Å². The molecule has 0 aromatic carbocycles. The lowest BCUT2D eigenvalue weighted by molar-refractivity contribution is 0.0696. The summed E-state index contributed by atoms with van der Waals surface area (Å²) >= 11 is 0. The first-order valence-corrected chi connectivity index (χ1v) is 5.61. The molecular weight excluding hydrogens is 246 g/mol. The number of carboxylic acids is 1. The van der Waals surface area contributed by atoms with Crippen LogP contribution in [0.15, 0.2) is 30.6 Å². The number of hydrogen-bond donors (Lipinski definition) is 2. The van der Waals surface area contributed by atoms with Gasteiger partial charge in [-0.3, -0.25) is 9.78 Å². The van der Waals surface area contributed by atoms with E-state index in [4.69, 9.17) is 5.11 Å². The van der Waals surface area contributed by atoms with E-state index in [9.17, 15) is 9.59 Å². The highest BCUT2D eigenvalue weighted by molar-refractivity contribution is 6.03. The Kier molecular flexibility index (Phi) is 3.33. The third kappa shape index (κ3) is 2.62. The molecule has 1 amide bonds. The van der Waals surface area contributed by atoms with Crippen LogP contribution in [0.2, 0.25) is 0 Å². The first kappa shape index (κ1) is 12.8. The Hall–Kier alpha value is -2.63. The van der Waals surface area contributed by atoms with Crippen LogP contribution < -0.4 is 5.32 Å². The molecular formula is C13H13N3O3. The van der Waals surface area contributed by atoms with Crippen LogP contribution in [0, 0.1) is 6.92 Å². The van der Waals surface area contributed by atoms with Crippen LogP contribution in [0.25, 0.3) is 0 Å². The SMILES string of the molecule is Cc1ccc(C(=O)Nc2cncc(C(=O)O)c2)n1C. The quantitative estimate of drug-likeness (QED) is 0.878. The summed E-state index contributed by atoms with van der Waals surface area (Å²) in [6.45, 7) is 1.89. The summed E-state index contributed by atoms with van der Waals surface area (Å²) in [6.07, 6.45) is 2.63. The fraction of sp³-hybridized carbons (Fsp3) is 0.154. The number of carbonyl (C=O) groups is 2. The largest absolute Gasteiger partial charge is 0.478 e. The number of rotatable bonds is 3. The number of aromatic nitrogens is 2. The second-order valence-electron chi connectivity index (χ2n) is 4.14. The van der Waals surface area contributed by atoms with Gasteiger partial charge in [0.15, 0.2) is 0 Å². The first-order valence-electron chi connectivity index (χ1n) is 5.61. The zero-order chi connectivity index (χ0) is 14.0. The number of aromatic carboxylic acids is 1. The fourth-order valence-corrected chi connectivity index (χ4v) is 1.66. The first-order chi connectivity index (χ1) is 8.99. The van der Waals surface area contributed by atoms with Crippen molar-refractivity contribution in [2.24, 2.45) is 7.05 Å². The lowest BCUT2D eigenvalue weighted by Crippen LogP contribution is -2.16. The van der Waals surface area contributed by atoms with Gasteiger partial charge < -0.3 is 15.0 Å². The van der Waals surface area contributed by atoms with Gasteiger partial charge in [0.25, 0.3) is 5.91 Å². The molecule has 0 bridgehead atoms. The van der Waals surface area contributed by atoms with Gasteiger partial charge in [0.05, 0.1) is 17.4 Å². The molecule has 0 unspecified atom stereocenters. The zero-order valence-corrected chi connectivity index (χ0v) is 10.5. The maximum Gasteiger partial charge on any atom is 0.337 e. The highest BCUT2D eigenvalue weighted by atomic mass is 16.4. The van der Waals surface area contributed by atoms with Crippen LogP contribution in [-0.4, -0.2) is 26.5 Å². The Bertz CT molecular complexity index is 646. The number of pyridine rings is 1. The maximum atomic E-state index is 12.0. The lowest BCUT2D eigenvalue weighted by Gasteiger charge is -2.07. The molecule has 98 valence electrons. The lowest BCUT2D eigenvalue weighted by atomic mass is 10.2. The van der Waals surface area contributed by atoms with Crippen LogP contribution in [0.1, 0.15) is 26.5 Å². The van der Waals surface area contributed by atoms with Gasteiger partial charge in [-0.1, -0.05) is 0 Å². The molecule has 0 aliphatic carbocycles. The van der Waals surface area contributed by atoms with Gasteiger partial charge in [-0.05, 0) is 25.1 Å². The van der Waals surface area contributed by atoms with Crippen LogP contribution in [0.3, 0.4) is 0 Å². The Morgan fingerprint density at radius 3 is 2.63 bits per heavy atom. The average Bonchev–Trinajstić information content (AvgIpc) is 2.70. The maximum absolute atomic E-state index is 12.0. The molecule has 0 radical (unpaired) electrons. The smallest absolute Gasteiger partial charge is 0.337 e. The predicted molar refractivity (Wildman–Crippen MR) is 69.3 cm³/mol. The number of nitrogens with zero attached hydrogens (tertiary/aromatic N) is 2. The molecule has 6 nitrogen and oxygen atoms in total. The van der Waals surface area contributed by atoms with Crippen molar-refractivity contribution >= 4 is 17.6 Å². The average molecular weight is 259 g/mol. The Morgan fingerprint density at radius 1 is 1.32 bits per heavy atom. The summed E-state index contributed by atoms with van der Waals surface area (Å²) in [7, 11) is 1.79. The van der Waals surface area contributed by atoms with E-state index in [0.29, 0.717) is 11.4 Å². The van der Waals surface area contributed by atoms with Gasteiger partial charge in [-0.15, -0.1) is 0 Å². The molecule has 2 heterocycles. The minimum Gasteiger partial charge on any atom is -0.478 e. The molecule has 2 aromatic rings. The molecule has 0 aliphatic heterocycles. The molecule has 0 fully saturated rings. The van der Waals surface area contributed by atoms with Crippen LogP contribution >= 0.6 is 0 Å². The van der Waals surface area contributed by atoms with Gasteiger partial charge in [0, 0.05) is 18.9 Å². The number of hydrogen-bond acceptors (Lipinski definition) is 3. The minimum atomic E-state index is -1.08. The van der Waals surface area contributed by atoms with E-state index in [0.717, 1.165) is 5.69 Å². The number of nitrogens with one attached hydrogen (secondary N) is 1. The summed E-state index contributed by atoms with van der Waals surface area (Å²) < 4.78 is 1.75. The Labute approximate surface area is 109 Å². The number of carboxylic acid groups (broad SMARTS) is 1. The Balaban J connectivity index is 2.22. The van der Waals surface area contributed by atoms with Gasteiger partial charge in [-0.2, -0.15) is 0 Å². The molecule has 6 heteroatoms.